The molecule has 34 heavy (non-hydrogen) atoms. The number of allylic oxidation sites excluding steroid dienone is 1. The number of rotatable bonds is 8. The van der Waals surface area contributed by atoms with E-state index in [2.05, 4.69) is 6.58 Å². The molecule has 184 valence electrons. The van der Waals surface area contributed by atoms with Crippen LogP contribution in [0.4, 0.5) is 4.79 Å². The van der Waals surface area contributed by atoms with Crippen molar-refractivity contribution in [3.8, 4) is 0 Å². The summed E-state index contributed by atoms with van der Waals surface area (Å²) in [7, 11) is -3.89. The number of sulfone groups is 1. The highest BCUT2D eigenvalue weighted by atomic mass is 32.2. The van der Waals surface area contributed by atoms with Crippen molar-refractivity contribution >= 4 is 22.2 Å². The molecule has 0 saturated carbocycles. The molecule has 4 aliphatic rings. The number of aryl methyl sites for hydroxylation is 1. The molecule has 9 heteroatoms. The third-order valence-electron chi connectivity index (χ3n) is 8.51. The maximum Gasteiger partial charge on any atom is 0.411 e. The molecule has 1 aromatic rings. The lowest BCUT2D eigenvalue weighted by atomic mass is 9.64. The predicted octanol–water partition coefficient (Wildman–Crippen LogP) is 2.64. The van der Waals surface area contributed by atoms with Gasteiger partial charge in [0.2, 0.25) is 0 Å². The van der Waals surface area contributed by atoms with Crippen molar-refractivity contribution in [2.75, 3.05) is 13.2 Å². The van der Waals surface area contributed by atoms with Gasteiger partial charge >= 0.3 is 6.09 Å². The summed E-state index contributed by atoms with van der Waals surface area (Å²) in [6.45, 7) is 5.65. The highest BCUT2D eigenvalue weighted by Crippen LogP contribution is 2.63. The van der Waals surface area contributed by atoms with Gasteiger partial charge in [-0.1, -0.05) is 23.8 Å². The second kappa shape index (κ2) is 8.17. The van der Waals surface area contributed by atoms with Crippen molar-refractivity contribution in [3.63, 3.8) is 0 Å². The minimum atomic E-state index is -3.89. The quantitative estimate of drug-likeness (QED) is 0.341. The van der Waals surface area contributed by atoms with Gasteiger partial charge in [-0.25, -0.2) is 18.1 Å². The highest BCUT2D eigenvalue weighted by molar-refractivity contribution is 7.92. The number of benzene rings is 1. The summed E-state index contributed by atoms with van der Waals surface area (Å²) in [5.74, 6) is -0.0110. The Morgan fingerprint density at radius 2 is 2.00 bits per heavy atom. The zero-order valence-corrected chi connectivity index (χ0v) is 20.2. The first-order valence-corrected chi connectivity index (χ1v) is 13.6. The number of nitrogens with zero attached hydrogens (tertiary/aromatic N) is 2. The smallest absolute Gasteiger partial charge is 0.411 e. The van der Waals surface area contributed by atoms with Gasteiger partial charge in [-0.05, 0) is 63.5 Å². The lowest BCUT2D eigenvalue weighted by Crippen LogP contribution is -2.78. The predicted molar refractivity (Wildman–Crippen MR) is 124 cm³/mol. The molecule has 1 N–H and O–H groups in total. The van der Waals surface area contributed by atoms with Crippen molar-refractivity contribution in [1.29, 1.82) is 0 Å². The van der Waals surface area contributed by atoms with E-state index in [-0.39, 0.29) is 16.7 Å². The number of piperidine rings is 2. The van der Waals surface area contributed by atoms with Crippen LogP contribution in [-0.4, -0.2) is 71.5 Å². The molecule has 1 spiro atoms. The zero-order valence-electron chi connectivity index (χ0n) is 19.4. The standard InChI is InChI=1S/C25H32N2O6S/c1-3-4-5-12-24(16-29)13-18-14-26-23(30)33-21(15-28)25(26)20(18)10-11-22(27(24)25)34(31,32)19-8-6-17(2)7-9-19/h3,6-9,16,18,20-22,28H,1,4-5,10-15H2,2H3/t18-,20+,21-,22?,24-,25+/m1/s1. The average Bonchev–Trinajstić information content (AvgIpc) is 3.23. The number of hydrogen-bond donors (Lipinski definition) is 1. The van der Waals surface area contributed by atoms with Crippen LogP contribution in [0, 0.1) is 18.8 Å². The minimum Gasteiger partial charge on any atom is -0.440 e. The highest BCUT2D eigenvalue weighted by Gasteiger charge is 2.77. The van der Waals surface area contributed by atoms with Gasteiger partial charge in [0.05, 0.1) is 17.0 Å². The number of amides is 1. The van der Waals surface area contributed by atoms with Crippen LogP contribution in [0.1, 0.15) is 44.1 Å². The Labute approximate surface area is 200 Å². The molecule has 2 unspecified atom stereocenters. The number of carbonyl (C=O) groups excluding carboxylic acids is 2. The zero-order chi connectivity index (χ0) is 24.3. The summed E-state index contributed by atoms with van der Waals surface area (Å²) < 4.78 is 33.8. The number of carbonyl (C=O) groups is 2. The van der Waals surface area contributed by atoms with Crippen LogP contribution in [0.25, 0.3) is 0 Å². The minimum absolute atomic E-state index is 0.0510. The van der Waals surface area contributed by atoms with Gasteiger partial charge in [0.15, 0.2) is 15.9 Å². The molecule has 0 aliphatic carbocycles. The number of hydrogen-bond acceptors (Lipinski definition) is 7. The molecule has 4 heterocycles. The van der Waals surface area contributed by atoms with Crippen molar-refractivity contribution in [3.05, 3.63) is 42.5 Å². The van der Waals surface area contributed by atoms with E-state index in [1.807, 2.05) is 6.92 Å². The van der Waals surface area contributed by atoms with Crippen LogP contribution in [0.3, 0.4) is 0 Å². The van der Waals surface area contributed by atoms with Gasteiger partial charge in [0.1, 0.15) is 17.3 Å². The largest absolute Gasteiger partial charge is 0.440 e. The second-order valence-corrected chi connectivity index (χ2v) is 12.3. The molecule has 7 atom stereocenters. The Morgan fingerprint density at radius 3 is 2.65 bits per heavy atom. The van der Waals surface area contributed by atoms with E-state index in [0.29, 0.717) is 45.1 Å². The summed E-state index contributed by atoms with van der Waals surface area (Å²) in [5, 5.41) is 9.30. The van der Waals surface area contributed by atoms with E-state index in [1.165, 1.54) is 0 Å². The number of aliphatic hydroxyl groups excluding tert-OH is 1. The molecule has 5 rings (SSSR count). The number of unbranched alkanes of at least 4 members (excludes halogenated alkanes) is 1. The average molecular weight is 489 g/mol. The van der Waals surface area contributed by atoms with Crippen molar-refractivity contribution < 1.29 is 27.9 Å². The van der Waals surface area contributed by atoms with Crippen LogP contribution < -0.4 is 0 Å². The van der Waals surface area contributed by atoms with E-state index in [4.69, 9.17) is 4.74 Å². The van der Waals surface area contributed by atoms with Crippen LogP contribution in [0.15, 0.2) is 41.8 Å². The summed E-state index contributed by atoms with van der Waals surface area (Å²) in [5.41, 5.74) is -1.28. The van der Waals surface area contributed by atoms with Crippen molar-refractivity contribution in [2.24, 2.45) is 11.8 Å². The van der Waals surface area contributed by atoms with E-state index >= 15 is 0 Å². The third-order valence-corrected chi connectivity index (χ3v) is 10.6. The number of cyclic esters (lactones) is 1. The van der Waals surface area contributed by atoms with E-state index in [1.54, 1.807) is 40.1 Å². The van der Waals surface area contributed by atoms with Crippen LogP contribution >= 0.6 is 0 Å². The van der Waals surface area contributed by atoms with Gasteiger partial charge in [-0.15, -0.1) is 6.58 Å². The van der Waals surface area contributed by atoms with Gasteiger partial charge < -0.3 is 14.6 Å². The fourth-order valence-electron chi connectivity index (χ4n) is 7.25. The summed E-state index contributed by atoms with van der Waals surface area (Å²) >= 11 is 0. The lowest BCUT2D eigenvalue weighted by Gasteiger charge is -2.62. The van der Waals surface area contributed by atoms with Gasteiger partial charge in [-0.3, -0.25) is 4.90 Å². The second-order valence-electron chi connectivity index (χ2n) is 10.2. The molecule has 0 aromatic heterocycles. The van der Waals surface area contributed by atoms with Crippen LogP contribution in [0.5, 0.6) is 0 Å². The van der Waals surface area contributed by atoms with Crippen LogP contribution in [-0.2, 0) is 19.4 Å². The molecule has 0 radical (unpaired) electrons. The molecule has 4 aliphatic heterocycles. The van der Waals surface area contributed by atoms with Crippen LogP contribution in [0.2, 0.25) is 0 Å². The number of aldehydes is 1. The number of aliphatic hydroxyl groups is 1. The van der Waals surface area contributed by atoms with Crippen molar-refractivity contribution in [1.82, 2.24) is 9.80 Å². The fraction of sp³-hybridized carbons (Fsp3) is 0.600. The topological polar surface area (TPSA) is 104 Å². The van der Waals surface area contributed by atoms with E-state index in [9.17, 15) is 23.1 Å². The van der Waals surface area contributed by atoms with Gasteiger partial charge in [-0.2, -0.15) is 0 Å². The molecular formula is C25H32N2O6S. The number of ether oxygens (including phenoxy) is 1. The molecule has 8 nitrogen and oxygen atoms in total. The lowest BCUT2D eigenvalue weighted by molar-refractivity contribution is -0.189. The molecule has 1 amide bonds. The Bertz CT molecular complexity index is 1100. The summed E-state index contributed by atoms with van der Waals surface area (Å²) in [6, 6.07) is 6.74. The molecule has 4 bridgehead atoms. The monoisotopic (exact) mass is 488 g/mol. The normalized spacial score (nSPS) is 38.4. The van der Waals surface area contributed by atoms with Crippen molar-refractivity contribution in [2.45, 2.75) is 73.0 Å². The molecule has 4 saturated heterocycles. The fourth-order valence-corrected chi connectivity index (χ4v) is 9.18. The first-order chi connectivity index (χ1) is 16.3. The Hall–Kier alpha value is -2.23. The van der Waals surface area contributed by atoms with Gasteiger partial charge in [0, 0.05) is 12.5 Å². The SMILES string of the molecule is C=CCCC[C@]1(C=O)C[C@@H]2CN3C(=O)O[C@H](CO)[C@@]34[C@H]2CCC(S(=O)(=O)c2ccc(C)cc2)N14. The third kappa shape index (κ3) is 2.99. The first kappa shape index (κ1) is 23.5. The summed E-state index contributed by atoms with van der Waals surface area (Å²) in [6.07, 6.45) is 4.48. The Balaban J connectivity index is 1.70. The summed E-state index contributed by atoms with van der Waals surface area (Å²) in [4.78, 5) is 29.5. The first-order valence-electron chi connectivity index (χ1n) is 12.0. The van der Waals surface area contributed by atoms with E-state index < -0.39 is 45.2 Å². The maximum absolute atomic E-state index is 14.1. The maximum atomic E-state index is 14.1. The Kier molecular flexibility index (Phi) is 5.65. The molecule has 4 fully saturated rings. The van der Waals surface area contributed by atoms with Gasteiger partial charge in [0.25, 0.3) is 0 Å². The van der Waals surface area contributed by atoms with E-state index in [0.717, 1.165) is 11.8 Å². The molecule has 1 aromatic carbocycles. The molecular weight excluding hydrogens is 456 g/mol. The Morgan fingerprint density at radius 1 is 1.26 bits per heavy atom.